The van der Waals surface area contributed by atoms with Crippen LogP contribution in [0.1, 0.15) is 60.5 Å². The van der Waals surface area contributed by atoms with Crippen molar-refractivity contribution < 1.29 is 14.4 Å². The average Bonchev–Trinajstić information content (AvgIpc) is 3.00. The molecular weight excluding hydrogens is 356 g/mol. The van der Waals surface area contributed by atoms with E-state index in [9.17, 15) is 14.4 Å². The summed E-state index contributed by atoms with van der Waals surface area (Å²) >= 11 is 0. The zero-order valence-electron chi connectivity index (χ0n) is 16.3. The van der Waals surface area contributed by atoms with Gasteiger partial charge in [0.05, 0.1) is 0 Å². The van der Waals surface area contributed by atoms with Gasteiger partial charge in [-0.1, -0.05) is 18.6 Å². The molecule has 150 valence electrons. The Morgan fingerprint density at radius 3 is 2.79 bits per heavy atom. The fourth-order valence-electron chi connectivity index (χ4n) is 4.83. The van der Waals surface area contributed by atoms with Gasteiger partial charge in [0.25, 0.3) is 5.91 Å². The molecule has 1 aromatic carbocycles. The second-order valence-corrected chi connectivity index (χ2v) is 8.24. The van der Waals surface area contributed by atoms with Crippen LogP contribution in [0.5, 0.6) is 0 Å². The maximum absolute atomic E-state index is 13.0. The van der Waals surface area contributed by atoms with Gasteiger partial charge in [-0.15, -0.1) is 0 Å². The average molecular weight is 384 g/mol. The zero-order chi connectivity index (χ0) is 19.8. The quantitative estimate of drug-likeness (QED) is 0.759. The lowest BCUT2D eigenvalue weighted by atomic mass is 9.95. The van der Waals surface area contributed by atoms with Gasteiger partial charge in [0.2, 0.25) is 11.8 Å². The molecular formula is C21H28N4O3. The normalized spacial score (nSPS) is 26.9. The van der Waals surface area contributed by atoms with E-state index in [0.29, 0.717) is 24.6 Å². The highest BCUT2D eigenvalue weighted by Gasteiger charge is 2.40. The smallest absolute Gasteiger partial charge is 0.255 e. The highest BCUT2D eigenvalue weighted by molar-refractivity contribution is 6.05. The van der Waals surface area contributed by atoms with Crippen LogP contribution in [0.4, 0.5) is 0 Å². The molecule has 2 saturated heterocycles. The van der Waals surface area contributed by atoms with Crippen LogP contribution in [0.2, 0.25) is 0 Å². The molecule has 3 heterocycles. The number of imide groups is 1. The molecule has 7 nitrogen and oxygen atoms in total. The van der Waals surface area contributed by atoms with E-state index in [1.165, 1.54) is 12.8 Å². The molecule has 0 radical (unpaired) electrons. The van der Waals surface area contributed by atoms with Gasteiger partial charge in [-0.05, 0) is 49.9 Å². The lowest BCUT2D eigenvalue weighted by molar-refractivity contribution is -0.136. The van der Waals surface area contributed by atoms with Gasteiger partial charge in [0, 0.05) is 37.2 Å². The first-order chi connectivity index (χ1) is 13.5. The Morgan fingerprint density at radius 1 is 1.21 bits per heavy atom. The third kappa shape index (κ3) is 3.44. The lowest BCUT2D eigenvalue weighted by Gasteiger charge is -2.38. The number of carbonyl (C=O) groups is 3. The number of fused-ring (bicyclic) bond motifs is 1. The van der Waals surface area contributed by atoms with E-state index in [-0.39, 0.29) is 30.2 Å². The number of hydrogen-bond donors (Lipinski definition) is 2. The molecule has 7 heteroatoms. The highest BCUT2D eigenvalue weighted by Crippen LogP contribution is 2.31. The third-order valence-electron chi connectivity index (χ3n) is 6.32. The maximum atomic E-state index is 13.0. The third-order valence-corrected chi connectivity index (χ3v) is 6.32. The Kier molecular flexibility index (Phi) is 5.21. The number of nitrogens with two attached hydrogens (primary N) is 1. The maximum Gasteiger partial charge on any atom is 0.255 e. The number of benzene rings is 1. The van der Waals surface area contributed by atoms with Crippen LogP contribution in [0.3, 0.4) is 0 Å². The fourth-order valence-corrected chi connectivity index (χ4v) is 4.83. The summed E-state index contributed by atoms with van der Waals surface area (Å²) in [4.78, 5) is 40.7. The molecule has 3 amide bonds. The first-order valence-corrected chi connectivity index (χ1v) is 10.2. The van der Waals surface area contributed by atoms with Crippen molar-refractivity contribution in [3.8, 4) is 0 Å². The van der Waals surface area contributed by atoms with Gasteiger partial charge >= 0.3 is 0 Å². The van der Waals surface area contributed by atoms with Crippen LogP contribution >= 0.6 is 0 Å². The second-order valence-electron chi connectivity index (χ2n) is 8.24. The largest absolute Gasteiger partial charge is 0.327 e. The van der Waals surface area contributed by atoms with Crippen molar-refractivity contribution in [1.82, 2.24) is 15.1 Å². The van der Waals surface area contributed by atoms with E-state index in [2.05, 4.69) is 23.2 Å². The van der Waals surface area contributed by atoms with Crippen molar-refractivity contribution in [3.05, 3.63) is 34.9 Å². The number of hydrogen-bond acceptors (Lipinski definition) is 5. The van der Waals surface area contributed by atoms with Crippen molar-refractivity contribution >= 4 is 17.7 Å². The topological polar surface area (TPSA) is 95.7 Å². The Labute approximate surface area is 165 Å². The fraction of sp³-hybridized carbons (Fsp3) is 0.571. The summed E-state index contributed by atoms with van der Waals surface area (Å²) in [5.74, 6) is -0.751. The van der Waals surface area contributed by atoms with Gasteiger partial charge in [-0.25, -0.2) is 0 Å². The molecule has 1 aromatic rings. The van der Waals surface area contributed by atoms with E-state index in [1.807, 2.05) is 12.1 Å². The zero-order valence-corrected chi connectivity index (χ0v) is 16.3. The summed E-state index contributed by atoms with van der Waals surface area (Å²) in [6.07, 6.45) is 4.14. The standard InChI is InChI=1S/C21H28N4O3/c1-13(22)17-7-2-3-10-24(17)11-14-5-4-6-15-16(14)12-25(21(15)28)18-8-9-19(26)23-20(18)27/h4-6,13,17-18H,2-3,7-12,22H2,1H3,(H,23,26,27). The van der Waals surface area contributed by atoms with Gasteiger partial charge in [0.15, 0.2) is 0 Å². The van der Waals surface area contributed by atoms with Gasteiger partial charge in [0.1, 0.15) is 6.04 Å². The summed E-state index contributed by atoms with van der Waals surface area (Å²) in [5.41, 5.74) is 9.03. The summed E-state index contributed by atoms with van der Waals surface area (Å²) < 4.78 is 0. The van der Waals surface area contributed by atoms with E-state index in [1.54, 1.807) is 4.90 Å². The van der Waals surface area contributed by atoms with Gasteiger partial charge < -0.3 is 10.6 Å². The number of nitrogens with one attached hydrogen (secondary N) is 1. The minimum absolute atomic E-state index is 0.110. The predicted molar refractivity (Wildman–Crippen MR) is 104 cm³/mol. The summed E-state index contributed by atoms with van der Waals surface area (Å²) in [6.45, 7) is 4.27. The van der Waals surface area contributed by atoms with Gasteiger partial charge in [-0.3, -0.25) is 24.6 Å². The van der Waals surface area contributed by atoms with Crippen LogP contribution in [-0.2, 0) is 22.7 Å². The number of likely N-dealkylation sites (tertiary alicyclic amines) is 1. The van der Waals surface area contributed by atoms with Crippen LogP contribution in [0.25, 0.3) is 0 Å². The van der Waals surface area contributed by atoms with E-state index in [0.717, 1.165) is 30.6 Å². The van der Waals surface area contributed by atoms with Crippen molar-refractivity contribution in [2.24, 2.45) is 5.73 Å². The van der Waals surface area contributed by atoms with Crippen molar-refractivity contribution in [3.63, 3.8) is 0 Å². The van der Waals surface area contributed by atoms with E-state index < -0.39 is 6.04 Å². The first-order valence-electron chi connectivity index (χ1n) is 10.2. The van der Waals surface area contributed by atoms with E-state index >= 15 is 0 Å². The molecule has 0 saturated carbocycles. The molecule has 0 spiro atoms. The van der Waals surface area contributed by atoms with Crippen molar-refractivity contribution in [2.45, 2.75) is 70.2 Å². The predicted octanol–water partition coefficient (Wildman–Crippen LogP) is 1.15. The molecule has 3 aliphatic rings. The van der Waals surface area contributed by atoms with Crippen LogP contribution in [-0.4, -0.2) is 52.2 Å². The minimum atomic E-state index is -0.572. The molecule has 0 aliphatic carbocycles. The molecule has 2 fully saturated rings. The summed E-state index contributed by atoms with van der Waals surface area (Å²) in [7, 11) is 0. The van der Waals surface area contributed by atoms with E-state index in [4.69, 9.17) is 5.73 Å². The number of amides is 3. The Bertz CT molecular complexity index is 807. The minimum Gasteiger partial charge on any atom is -0.327 e. The summed E-state index contributed by atoms with van der Waals surface area (Å²) in [6, 6.07) is 5.73. The lowest BCUT2D eigenvalue weighted by Crippen LogP contribution is -2.52. The number of rotatable bonds is 4. The van der Waals surface area contributed by atoms with Crippen LogP contribution < -0.4 is 11.1 Å². The molecule has 28 heavy (non-hydrogen) atoms. The number of nitrogens with zero attached hydrogens (tertiary/aromatic N) is 2. The monoisotopic (exact) mass is 384 g/mol. The van der Waals surface area contributed by atoms with Crippen molar-refractivity contribution in [2.75, 3.05) is 6.54 Å². The van der Waals surface area contributed by atoms with Crippen LogP contribution in [0, 0.1) is 0 Å². The Balaban J connectivity index is 1.56. The first kappa shape index (κ1) is 19.1. The Hall–Kier alpha value is -2.25. The second kappa shape index (κ2) is 7.64. The molecule has 3 atom stereocenters. The molecule has 0 bridgehead atoms. The van der Waals surface area contributed by atoms with Crippen molar-refractivity contribution in [1.29, 1.82) is 0 Å². The summed E-state index contributed by atoms with van der Waals surface area (Å²) in [5, 5.41) is 2.36. The Morgan fingerprint density at radius 2 is 2.04 bits per heavy atom. The molecule has 3 aliphatic heterocycles. The van der Waals surface area contributed by atoms with Gasteiger partial charge in [-0.2, -0.15) is 0 Å². The molecule has 4 rings (SSSR count). The highest BCUT2D eigenvalue weighted by atomic mass is 16.2. The molecule has 3 N–H and O–H groups in total. The SMILES string of the molecule is CC(N)C1CCCCN1Cc1cccc2c1CN(C1CCC(=O)NC1=O)C2=O. The molecule has 0 aromatic heterocycles. The number of piperidine rings is 2. The van der Waals surface area contributed by atoms with Crippen LogP contribution in [0.15, 0.2) is 18.2 Å². The number of carbonyl (C=O) groups excluding carboxylic acids is 3. The molecule has 3 unspecified atom stereocenters.